The summed E-state index contributed by atoms with van der Waals surface area (Å²) in [6.45, 7) is 0.462. The smallest absolute Gasteiger partial charge is 0.255 e. The van der Waals surface area contributed by atoms with E-state index >= 15 is 0 Å². The van der Waals surface area contributed by atoms with Gasteiger partial charge in [0.15, 0.2) is 0 Å². The molecule has 28 heavy (non-hydrogen) atoms. The molecule has 0 aliphatic heterocycles. The van der Waals surface area contributed by atoms with Gasteiger partial charge in [0.2, 0.25) is 0 Å². The maximum Gasteiger partial charge on any atom is 0.255 e. The van der Waals surface area contributed by atoms with Crippen LogP contribution in [-0.4, -0.2) is 23.8 Å². The number of hydrogen-bond acceptors (Lipinski definition) is 2. The number of nitrogens with zero attached hydrogens (tertiary/aromatic N) is 1. The van der Waals surface area contributed by atoms with Gasteiger partial charge in [0.05, 0.1) is 5.02 Å². The van der Waals surface area contributed by atoms with Gasteiger partial charge in [-0.15, -0.1) is 0 Å². The van der Waals surface area contributed by atoms with Gasteiger partial charge in [0.1, 0.15) is 5.82 Å². The number of carbonyl (C=O) groups excluding carboxylic acids is 2. The quantitative estimate of drug-likeness (QED) is 0.659. The van der Waals surface area contributed by atoms with Crippen molar-refractivity contribution in [3.05, 3.63) is 100 Å². The maximum absolute atomic E-state index is 13.2. The van der Waals surface area contributed by atoms with Crippen LogP contribution in [0.2, 0.25) is 5.02 Å². The Morgan fingerprint density at radius 1 is 0.964 bits per heavy atom. The van der Waals surface area contributed by atoms with Crippen molar-refractivity contribution in [3.63, 3.8) is 0 Å². The molecule has 3 aromatic rings. The molecule has 0 radical (unpaired) electrons. The van der Waals surface area contributed by atoms with Crippen LogP contribution >= 0.6 is 11.6 Å². The first-order valence-corrected chi connectivity index (χ1v) is 8.97. The lowest BCUT2D eigenvalue weighted by Gasteiger charge is -2.17. The summed E-state index contributed by atoms with van der Waals surface area (Å²) in [5, 5.41) is 2.57. The van der Waals surface area contributed by atoms with Gasteiger partial charge >= 0.3 is 0 Å². The molecule has 0 fully saturated rings. The molecular weight excluding hydrogens is 379 g/mol. The van der Waals surface area contributed by atoms with Crippen molar-refractivity contribution in [2.75, 3.05) is 12.4 Å². The second kappa shape index (κ2) is 8.67. The van der Waals surface area contributed by atoms with Gasteiger partial charge in [-0.05, 0) is 42.0 Å². The highest BCUT2D eigenvalue weighted by Crippen LogP contribution is 2.20. The van der Waals surface area contributed by atoms with Gasteiger partial charge in [0, 0.05) is 30.4 Å². The fraction of sp³-hybridized carbons (Fsp3) is 0.0909. The SMILES string of the molecule is CN(Cc1ccccc1)C(=O)c1cccc(C(=O)Nc2ccc(F)c(Cl)c2)c1. The lowest BCUT2D eigenvalue weighted by atomic mass is 10.1. The van der Waals surface area contributed by atoms with Crippen molar-refractivity contribution < 1.29 is 14.0 Å². The van der Waals surface area contributed by atoms with Crippen LogP contribution in [0.3, 0.4) is 0 Å². The van der Waals surface area contributed by atoms with E-state index < -0.39 is 11.7 Å². The van der Waals surface area contributed by atoms with Crippen molar-refractivity contribution >= 4 is 29.1 Å². The summed E-state index contributed by atoms with van der Waals surface area (Å²) in [7, 11) is 1.71. The molecule has 0 aliphatic carbocycles. The lowest BCUT2D eigenvalue weighted by Crippen LogP contribution is -2.26. The van der Waals surface area contributed by atoms with E-state index in [-0.39, 0.29) is 10.9 Å². The highest BCUT2D eigenvalue weighted by molar-refractivity contribution is 6.31. The normalized spacial score (nSPS) is 10.4. The van der Waals surface area contributed by atoms with E-state index in [2.05, 4.69) is 5.32 Å². The van der Waals surface area contributed by atoms with E-state index in [1.165, 1.54) is 24.3 Å². The predicted molar refractivity (Wildman–Crippen MR) is 108 cm³/mol. The second-order valence-electron chi connectivity index (χ2n) is 6.31. The van der Waals surface area contributed by atoms with Crippen molar-refractivity contribution in [1.82, 2.24) is 4.90 Å². The third kappa shape index (κ3) is 4.75. The molecular formula is C22H18ClFN2O2. The standard InChI is InChI=1S/C22H18ClFN2O2/c1-26(14-15-6-3-2-4-7-15)22(28)17-9-5-8-16(12-17)21(27)25-18-10-11-20(24)19(23)13-18/h2-13H,14H2,1H3,(H,25,27). The molecule has 0 unspecified atom stereocenters. The maximum atomic E-state index is 13.2. The Kier molecular flexibility index (Phi) is 6.06. The zero-order valence-corrected chi connectivity index (χ0v) is 15.9. The number of rotatable bonds is 5. The molecule has 6 heteroatoms. The Labute approximate surface area is 167 Å². The minimum atomic E-state index is -0.561. The predicted octanol–water partition coefficient (Wildman–Crippen LogP) is 5.00. The minimum absolute atomic E-state index is 0.0794. The van der Waals surface area contributed by atoms with Crippen LogP contribution in [0.15, 0.2) is 72.8 Å². The third-order valence-corrected chi connectivity index (χ3v) is 4.45. The Hall–Kier alpha value is -3.18. The van der Waals surface area contributed by atoms with Crippen molar-refractivity contribution in [2.24, 2.45) is 0 Å². The molecule has 1 N–H and O–H groups in total. The average molecular weight is 397 g/mol. The first-order valence-electron chi connectivity index (χ1n) is 8.60. The topological polar surface area (TPSA) is 49.4 Å². The van der Waals surface area contributed by atoms with Crippen molar-refractivity contribution in [2.45, 2.75) is 6.54 Å². The van der Waals surface area contributed by atoms with Gasteiger partial charge in [-0.25, -0.2) is 4.39 Å². The van der Waals surface area contributed by atoms with Crippen LogP contribution in [0, 0.1) is 5.82 Å². The Morgan fingerprint density at radius 3 is 2.39 bits per heavy atom. The first-order chi connectivity index (χ1) is 13.4. The highest BCUT2D eigenvalue weighted by atomic mass is 35.5. The largest absolute Gasteiger partial charge is 0.337 e. The van der Waals surface area contributed by atoms with Crippen molar-refractivity contribution in [1.29, 1.82) is 0 Å². The Morgan fingerprint density at radius 2 is 1.68 bits per heavy atom. The van der Waals surface area contributed by atoms with Crippen LogP contribution in [0.5, 0.6) is 0 Å². The zero-order chi connectivity index (χ0) is 20.1. The van der Waals surface area contributed by atoms with Crippen LogP contribution in [0.1, 0.15) is 26.3 Å². The van der Waals surface area contributed by atoms with E-state index in [1.807, 2.05) is 30.3 Å². The Balaban J connectivity index is 1.72. The van der Waals surface area contributed by atoms with E-state index in [9.17, 15) is 14.0 Å². The fourth-order valence-electron chi connectivity index (χ4n) is 2.72. The number of halogens is 2. The molecule has 2 amide bonds. The van der Waals surface area contributed by atoms with Gasteiger partial charge < -0.3 is 10.2 Å². The molecule has 0 aromatic heterocycles. The summed E-state index contributed by atoms with van der Waals surface area (Å²) in [5.74, 6) is -1.17. The molecule has 0 saturated heterocycles. The number of hydrogen-bond donors (Lipinski definition) is 1. The fourth-order valence-corrected chi connectivity index (χ4v) is 2.90. The average Bonchev–Trinajstić information content (AvgIpc) is 2.71. The monoisotopic (exact) mass is 396 g/mol. The van der Waals surface area contributed by atoms with E-state index in [0.717, 1.165) is 5.56 Å². The van der Waals surface area contributed by atoms with Crippen LogP contribution in [0.25, 0.3) is 0 Å². The van der Waals surface area contributed by atoms with Gasteiger partial charge in [-0.3, -0.25) is 9.59 Å². The van der Waals surface area contributed by atoms with Gasteiger partial charge in [0.25, 0.3) is 11.8 Å². The number of anilines is 1. The highest BCUT2D eigenvalue weighted by Gasteiger charge is 2.15. The van der Waals surface area contributed by atoms with Crippen LogP contribution in [0.4, 0.5) is 10.1 Å². The van der Waals surface area contributed by atoms with Gasteiger partial charge in [-0.1, -0.05) is 48.0 Å². The Bertz CT molecular complexity index is 1010. The summed E-state index contributed by atoms with van der Waals surface area (Å²) in [6, 6.07) is 20.0. The number of carbonyl (C=O) groups is 2. The van der Waals surface area contributed by atoms with Gasteiger partial charge in [-0.2, -0.15) is 0 Å². The van der Waals surface area contributed by atoms with Crippen LogP contribution in [-0.2, 0) is 6.54 Å². The summed E-state index contributed by atoms with van der Waals surface area (Å²) in [5.41, 5.74) is 2.11. The molecule has 0 bridgehead atoms. The van der Waals surface area contributed by atoms with Crippen LogP contribution < -0.4 is 5.32 Å². The molecule has 0 atom stereocenters. The first kappa shape index (κ1) is 19.6. The second-order valence-corrected chi connectivity index (χ2v) is 6.72. The van der Waals surface area contributed by atoms with E-state index in [0.29, 0.717) is 23.4 Å². The number of nitrogens with one attached hydrogen (secondary N) is 1. The molecule has 3 rings (SSSR count). The summed E-state index contributed by atoms with van der Waals surface area (Å²) in [4.78, 5) is 26.8. The molecule has 0 aliphatic rings. The minimum Gasteiger partial charge on any atom is -0.337 e. The molecule has 142 valence electrons. The molecule has 4 nitrogen and oxygen atoms in total. The van der Waals surface area contributed by atoms with Crippen molar-refractivity contribution in [3.8, 4) is 0 Å². The summed E-state index contributed by atoms with van der Waals surface area (Å²) < 4.78 is 13.2. The summed E-state index contributed by atoms with van der Waals surface area (Å²) >= 11 is 5.73. The molecule has 0 saturated carbocycles. The molecule has 0 spiro atoms. The number of benzene rings is 3. The third-order valence-electron chi connectivity index (χ3n) is 4.16. The molecule has 3 aromatic carbocycles. The zero-order valence-electron chi connectivity index (χ0n) is 15.2. The number of amides is 2. The van der Waals surface area contributed by atoms with E-state index in [1.54, 1.807) is 30.1 Å². The summed E-state index contributed by atoms with van der Waals surface area (Å²) in [6.07, 6.45) is 0. The molecule has 0 heterocycles. The lowest BCUT2D eigenvalue weighted by molar-refractivity contribution is 0.0785. The van der Waals surface area contributed by atoms with E-state index in [4.69, 9.17) is 11.6 Å².